The monoisotopic (exact) mass is 237 g/mol. The van der Waals surface area contributed by atoms with Gasteiger partial charge in [-0.15, -0.1) is 0 Å². The van der Waals surface area contributed by atoms with Crippen molar-refractivity contribution in [3.8, 4) is 0 Å². The minimum atomic E-state index is -0.523. The van der Waals surface area contributed by atoms with E-state index < -0.39 is 5.97 Å². The van der Waals surface area contributed by atoms with Crippen LogP contribution in [0.5, 0.6) is 0 Å². The van der Waals surface area contributed by atoms with Gasteiger partial charge in [-0.05, 0) is 20.8 Å². The van der Waals surface area contributed by atoms with Crippen molar-refractivity contribution in [2.24, 2.45) is 0 Å². The van der Waals surface area contributed by atoms with Gasteiger partial charge < -0.3 is 4.74 Å². The number of hydrogen-bond acceptors (Lipinski definition) is 4. The number of hydrogen-bond donors (Lipinski definition) is 0. The largest absolute Gasteiger partial charge is 0.460 e. The molecule has 0 atom stereocenters. The number of carbonyl (C=O) groups excluding carboxylic acids is 3. The summed E-state index contributed by atoms with van der Waals surface area (Å²) in [4.78, 5) is 35.4. The summed E-state index contributed by atoms with van der Waals surface area (Å²) >= 11 is 0. The van der Waals surface area contributed by atoms with E-state index in [1.54, 1.807) is 13.8 Å². The minimum Gasteiger partial charge on any atom is -0.460 e. The molecule has 0 aliphatic carbocycles. The molecule has 0 aromatic carbocycles. The Bertz CT molecular complexity index is 410. The van der Waals surface area contributed by atoms with Crippen molar-refractivity contribution < 1.29 is 19.1 Å². The minimum absolute atomic E-state index is 0.0102. The molecular weight excluding hydrogens is 222 g/mol. The average molecular weight is 237 g/mol. The summed E-state index contributed by atoms with van der Waals surface area (Å²) in [5.74, 6) is -1.16. The molecule has 0 aromatic heterocycles. The van der Waals surface area contributed by atoms with Crippen LogP contribution in [0.25, 0.3) is 0 Å². The lowest BCUT2D eigenvalue weighted by atomic mass is 10.2. The number of ether oxygens (including phenoxy) is 1. The fraction of sp³-hybridized carbons (Fsp3) is 0.417. The first-order valence-electron chi connectivity index (χ1n) is 5.22. The van der Waals surface area contributed by atoms with E-state index in [4.69, 9.17) is 4.74 Å². The highest BCUT2D eigenvalue weighted by Gasteiger charge is 2.32. The molecule has 0 bridgehead atoms. The van der Waals surface area contributed by atoms with Crippen LogP contribution in [-0.4, -0.2) is 35.8 Å². The lowest BCUT2D eigenvalue weighted by Crippen LogP contribution is -2.35. The third kappa shape index (κ3) is 2.61. The Balaban J connectivity index is 2.51. The fourth-order valence-electron chi connectivity index (χ4n) is 1.37. The van der Waals surface area contributed by atoms with Crippen molar-refractivity contribution in [1.29, 1.82) is 0 Å². The highest BCUT2D eigenvalue weighted by molar-refractivity contribution is 6.18. The molecule has 0 N–H and O–H groups in total. The summed E-state index contributed by atoms with van der Waals surface area (Å²) in [6.07, 6.45) is 0. The van der Waals surface area contributed by atoms with Crippen molar-refractivity contribution in [2.45, 2.75) is 20.8 Å². The van der Waals surface area contributed by atoms with E-state index >= 15 is 0 Å². The van der Waals surface area contributed by atoms with E-state index in [1.165, 1.54) is 6.92 Å². The molecule has 0 spiro atoms. The van der Waals surface area contributed by atoms with Gasteiger partial charge in [0, 0.05) is 16.7 Å². The molecule has 1 heterocycles. The molecule has 0 radical (unpaired) electrons. The van der Waals surface area contributed by atoms with E-state index in [1.807, 2.05) is 0 Å². The molecule has 0 aromatic rings. The van der Waals surface area contributed by atoms with Crippen molar-refractivity contribution in [1.82, 2.24) is 4.90 Å². The van der Waals surface area contributed by atoms with E-state index in [9.17, 15) is 14.4 Å². The van der Waals surface area contributed by atoms with Crippen LogP contribution < -0.4 is 0 Å². The van der Waals surface area contributed by atoms with Crippen molar-refractivity contribution in [2.75, 3.05) is 13.2 Å². The molecule has 92 valence electrons. The molecule has 0 fully saturated rings. The van der Waals surface area contributed by atoms with Gasteiger partial charge in [-0.25, -0.2) is 4.79 Å². The molecule has 5 nitrogen and oxygen atoms in total. The third-order valence-electron chi connectivity index (χ3n) is 2.59. The number of rotatable bonds is 4. The van der Waals surface area contributed by atoms with Gasteiger partial charge in [0.05, 0.1) is 6.54 Å². The zero-order chi connectivity index (χ0) is 13.2. The zero-order valence-electron chi connectivity index (χ0n) is 10.2. The van der Waals surface area contributed by atoms with Crippen LogP contribution in [-0.2, 0) is 19.1 Å². The van der Waals surface area contributed by atoms with Crippen molar-refractivity contribution in [3.05, 3.63) is 23.3 Å². The van der Waals surface area contributed by atoms with Crippen LogP contribution in [0.2, 0.25) is 0 Å². The lowest BCUT2D eigenvalue weighted by Gasteiger charge is -2.14. The topological polar surface area (TPSA) is 63.7 Å². The van der Waals surface area contributed by atoms with Crippen molar-refractivity contribution >= 4 is 17.8 Å². The molecule has 1 aliphatic heterocycles. The smallest absolute Gasteiger partial charge is 0.333 e. The number of esters is 1. The average Bonchev–Trinajstić information content (AvgIpc) is 2.46. The van der Waals surface area contributed by atoms with E-state index in [2.05, 4.69) is 6.58 Å². The fourth-order valence-corrected chi connectivity index (χ4v) is 1.37. The SMILES string of the molecule is C=C(C)C(=O)OCCN1C(=O)C(C)=C(C)C1=O. The Morgan fingerprint density at radius 3 is 2.12 bits per heavy atom. The Morgan fingerprint density at radius 2 is 1.71 bits per heavy atom. The highest BCUT2D eigenvalue weighted by atomic mass is 16.5. The maximum atomic E-state index is 11.6. The molecule has 5 heteroatoms. The summed E-state index contributed by atoms with van der Waals surface area (Å²) < 4.78 is 4.83. The van der Waals surface area contributed by atoms with Gasteiger partial charge in [-0.1, -0.05) is 6.58 Å². The van der Waals surface area contributed by atoms with Gasteiger partial charge in [0.1, 0.15) is 6.61 Å². The van der Waals surface area contributed by atoms with Crippen molar-refractivity contribution in [3.63, 3.8) is 0 Å². The number of imide groups is 1. The maximum absolute atomic E-state index is 11.6. The number of carbonyl (C=O) groups is 3. The first kappa shape index (κ1) is 13.2. The molecule has 17 heavy (non-hydrogen) atoms. The molecule has 2 amide bonds. The normalized spacial score (nSPS) is 15.6. The second kappa shape index (κ2) is 4.95. The van der Waals surface area contributed by atoms with Crippen LogP contribution >= 0.6 is 0 Å². The van der Waals surface area contributed by atoms with Gasteiger partial charge in [0.25, 0.3) is 11.8 Å². The standard InChI is InChI=1S/C12H15NO4/c1-7(2)12(16)17-6-5-13-10(14)8(3)9(4)11(13)15/h1,5-6H2,2-4H3. The van der Waals surface area contributed by atoms with E-state index in [0.29, 0.717) is 11.1 Å². The Morgan fingerprint density at radius 1 is 1.24 bits per heavy atom. The number of nitrogens with zero attached hydrogens (tertiary/aromatic N) is 1. The summed E-state index contributed by atoms with van der Waals surface area (Å²) in [7, 11) is 0. The predicted octanol–water partition coefficient (Wildman–Crippen LogP) is 0.811. The second-order valence-corrected chi connectivity index (χ2v) is 3.93. The van der Waals surface area contributed by atoms with Gasteiger partial charge >= 0.3 is 5.97 Å². The molecule has 1 aliphatic rings. The van der Waals surface area contributed by atoms with Crippen LogP contribution in [0.3, 0.4) is 0 Å². The molecular formula is C12H15NO4. The number of amides is 2. The summed E-state index contributed by atoms with van der Waals surface area (Å²) in [5.41, 5.74) is 1.18. The molecule has 1 rings (SSSR count). The van der Waals surface area contributed by atoms with Gasteiger partial charge in [-0.2, -0.15) is 0 Å². The maximum Gasteiger partial charge on any atom is 0.333 e. The van der Waals surface area contributed by atoms with Crippen LogP contribution in [0.15, 0.2) is 23.3 Å². The lowest BCUT2D eigenvalue weighted by molar-refractivity contribution is -0.144. The highest BCUT2D eigenvalue weighted by Crippen LogP contribution is 2.19. The quantitative estimate of drug-likeness (QED) is 0.412. The van der Waals surface area contributed by atoms with Crippen LogP contribution in [0.4, 0.5) is 0 Å². The van der Waals surface area contributed by atoms with Gasteiger partial charge in [-0.3, -0.25) is 14.5 Å². The summed E-state index contributed by atoms with van der Waals surface area (Å²) in [6, 6.07) is 0. The Labute approximate surface area is 99.7 Å². The second-order valence-electron chi connectivity index (χ2n) is 3.93. The summed E-state index contributed by atoms with van der Waals surface area (Å²) in [6.45, 7) is 8.24. The van der Waals surface area contributed by atoms with E-state index in [-0.39, 0.29) is 30.5 Å². The zero-order valence-corrected chi connectivity index (χ0v) is 10.2. The Kier molecular flexibility index (Phi) is 3.83. The molecule has 0 saturated heterocycles. The van der Waals surface area contributed by atoms with E-state index in [0.717, 1.165) is 4.90 Å². The van der Waals surface area contributed by atoms with Gasteiger partial charge in [0.15, 0.2) is 0 Å². The Hall–Kier alpha value is -1.91. The van der Waals surface area contributed by atoms with Gasteiger partial charge in [0.2, 0.25) is 0 Å². The first-order chi connectivity index (χ1) is 7.86. The van der Waals surface area contributed by atoms with Crippen LogP contribution in [0, 0.1) is 0 Å². The summed E-state index contributed by atoms with van der Waals surface area (Å²) in [5, 5.41) is 0. The van der Waals surface area contributed by atoms with Crippen LogP contribution in [0.1, 0.15) is 20.8 Å². The molecule has 0 saturated carbocycles. The molecule has 0 unspecified atom stereocenters. The first-order valence-corrected chi connectivity index (χ1v) is 5.22. The third-order valence-corrected chi connectivity index (χ3v) is 2.59. The predicted molar refractivity (Wildman–Crippen MR) is 60.9 cm³/mol.